The predicted octanol–water partition coefficient (Wildman–Crippen LogP) is 0.466. The molecule has 2 heterocycles. The van der Waals surface area contributed by atoms with Gasteiger partial charge in [0.1, 0.15) is 0 Å². The zero-order chi connectivity index (χ0) is 19.9. The van der Waals surface area contributed by atoms with Crippen LogP contribution < -0.4 is 10.6 Å². The van der Waals surface area contributed by atoms with E-state index in [1.807, 2.05) is 6.92 Å². The molecule has 0 saturated carbocycles. The van der Waals surface area contributed by atoms with E-state index in [2.05, 4.69) is 34.6 Å². The van der Waals surface area contributed by atoms with Crippen LogP contribution in [0.15, 0.2) is 4.99 Å². The van der Waals surface area contributed by atoms with Gasteiger partial charge in [0.15, 0.2) is 5.96 Å². The van der Waals surface area contributed by atoms with E-state index >= 15 is 0 Å². The minimum Gasteiger partial charge on any atom is -0.381 e. The topological polar surface area (TPSA) is 86.3 Å². The highest BCUT2D eigenvalue weighted by molar-refractivity contribution is 7.89. The Balaban J connectivity index is 1.84. The molecular formula is C18H37N5O3S. The quantitative estimate of drug-likeness (QED) is 0.475. The number of hydrogen-bond donors (Lipinski definition) is 2. The first-order valence-electron chi connectivity index (χ1n) is 10.0. The van der Waals surface area contributed by atoms with Gasteiger partial charge in [-0.25, -0.2) is 12.7 Å². The molecule has 0 aromatic heterocycles. The number of nitrogens with one attached hydrogen (secondary N) is 2. The monoisotopic (exact) mass is 403 g/mol. The van der Waals surface area contributed by atoms with Gasteiger partial charge < -0.3 is 20.3 Å². The molecule has 2 aliphatic heterocycles. The van der Waals surface area contributed by atoms with E-state index in [4.69, 9.17) is 4.74 Å². The minimum absolute atomic E-state index is 0.0769. The molecule has 2 rings (SSSR count). The Morgan fingerprint density at radius 2 is 1.89 bits per heavy atom. The van der Waals surface area contributed by atoms with Crippen molar-refractivity contribution in [3.8, 4) is 0 Å². The molecule has 9 heteroatoms. The SMILES string of the molecule is CCCS(=O)(=O)N1CCC(NC(=NC)NCC2(N(C)C)CCOCC2)CC1. The fourth-order valence-corrected chi connectivity index (χ4v) is 5.38. The third kappa shape index (κ3) is 6.04. The van der Waals surface area contributed by atoms with E-state index in [9.17, 15) is 8.42 Å². The van der Waals surface area contributed by atoms with E-state index in [1.165, 1.54) is 0 Å². The summed E-state index contributed by atoms with van der Waals surface area (Å²) in [6, 6.07) is 0.245. The van der Waals surface area contributed by atoms with Crippen molar-refractivity contribution in [1.82, 2.24) is 19.8 Å². The average Bonchev–Trinajstić information content (AvgIpc) is 2.66. The molecule has 0 bridgehead atoms. The van der Waals surface area contributed by atoms with Crippen LogP contribution in [0.1, 0.15) is 39.0 Å². The van der Waals surface area contributed by atoms with E-state index in [-0.39, 0.29) is 17.3 Å². The van der Waals surface area contributed by atoms with Gasteiger partial charge in [0.2, 0.25) is 10.0 Å². The van der Waals surface area contributed by atoms with Crippen LogP contribution in [0.5, 0.6) is 0 Å². The molecule has 8 nitrogen and oxygen atoms in total. The number of piperidine rings is 1. The van der Waals surface area contributed by atoms with E-state index in [0.29, 0.717) is 19.5 Å². The van der Waals surface area contributed by atoms with Gasteiger partial charge in [0.25, 0.3) is 0 Å². The van der Waals surface area contributed by atoms with Crippen molar-refractivity contribution in [3.63, 3.8) is 0 Å². The molecule has 27 heavy (non-hydrogen) atoms. The number of sulfonamides is 1. The van der Waals surface area contributed by atoms with Crippen molar-refractivity contribution in [1.29, 1.82) is 0 Å². The Morgan fingerprint density at radius 1 is 1.26 bits per heavy atom. The van der Waals surface area contributed by atoms with Gasteiger partial charge in [0, 0.05) is 51.5 Å². The predicted molar refractivity (Wildman–Crippen MR) is 110 cm³/mol. The standard InChI is InChI=1S/C18H37N5O3S/c1-5-14-27(24,25)23-10-6-16(7-11-23)21-17(19-2)20-15-18(22(3)4)8-12-26-13-9-18/h16H,5-15H2,1-4H3,(H2,19,20,21). The van der Waals surface area contributed by atoms with Gasteiger partial charge in [0.05, 0.1) is 5.75 Å². The first kappa shape index (κ1) is 22.4. The summed E-state index contributed by atoms with van der Waals surface area (Å²) in [7, 11) is 2.93. The number of likely N-dealkylation sites (N-methyl/N-ethyl adjacent to an activating group) is 1. The minimum atomic E-state index is -3.09. The molecule has 0 atom stereocenters. The Morgan fingerprint density at radius 3 is 2.41 bits per heavy atom. The molecule has 0 amide bonds. The molecule has 2 saturated heterocycles. The second-order valence-electron chi connectivity index (χ2n) is 7.79. The van der Waals surface area contributed by atoms with Gasteiger partial charge in [-0.15, -0.1) is 0 Å². The van der Waals surface area contributed by atoms with Gasteiger partial charge in [-0.2, -0.15) is 0 Å². The fourth-order valence-electron chi connectivity index (χ4n) is 3.84. The third-order valence-corrected chi connectivity index (χ3v) is 7.91. The molecule has 0 spiro atoms. The van der Waals surface area contributed by atoms with Crippen molar-refractivity contribution in [2.24, 2.45) is 4.99 Å². The van der Waals surface area contributed by atoms with Crippen molar-refractivity contribution >= 4 is 16.0 Å². The number of nitrogens with zero attached hydrogens (tertiary/aromatic N) is 3. The van der Waals surface area contributed by atoms with Gasteiger partial charge in [-0.05, 0) is 46.2 Å². The summed E-state index contributed by atoms with van der Waals surface area (Å²) in [4.78, 5) is 6.65. The van der Waals surface area contributed by atoms with Crippen molar-refractivity contribution < 1.29 is 13.2 Å². The molecule has 158 valence electrons. The number of aliphatic imine (C=N–C) groups is 1. The lowest BCUT2D eigenvalue weighted by molar-refractivity contribution is -0.00504. The maximum absolute atomic E-state index is 12.2. The highest BCUT2D eigenvalue weighted by Crippen LogP contribution is 2.25. The number of rotatable bonds is 7. The van der Waals surface area contributed by atoms with Crippen LogP contribution in [0.2, 0.25) is 0 Å². The molecule has 0 aromatic rings. The van der Waals surface area contributed by atoms with Crippen molar-refractivity contribution in [3.05, 3.63) is 0 Å². The summed E-state index contributed by atoms with van der Waals surface area (Å²) in [5, 5.41) is 6.95. The third-order valence-electron chi connectivity index (χ3n) is 5.83. The Kier molecular flexibility index (Phi) is 8.33. The molecule has 0 unspecified atom stereocenters. The van der Waals surface area contributed by atoms with Crippen LogP contribution in [-0.2, 0) is 14.8 Å². The molecule has 2 N–H and O–H groups in total. The number of ether oxygens (including phenoxy) is 1. The first-order valence-corrected chi connectivity index (χ1v) is 11.6. The van der Waals surface area contributed by atoms with Crippen LogP contribution in [0.3, 0.4) is 0 Å². The summed E-state index contributed by atoms with van der Waals surface area (Å²) < 4.78 is 31.6. The Hall–Kier alpha value is -0.900. The van der Waals surface area contributed by atoms with Crippen LogP contribution in [0.4, 0.5) is 0 Å². The summed E-state index contributed by atoms with van der Waals surface area (Å²) in [5.41, 5.74) is 0.0769. The largest absolute Gasteiger partial charge is 0.381 e. The molecule has 0 aromatic carbocycles. The van der Waals surface area contributed by atoms with Crippen LogP contribution in [0, 0.1) is 0 Å². The molecule has 2 fully saturated rings. The lowest BCUT2D eigenvalue weighted by Crippen LogP contribution is -2.58. The molecule has 0 radical (unpaired) electrons. The Labute approximate surface area is 164 Å². The smallest absolute Gasteiger partial charge is 0.214 e. The zero-order valence-electron chi connectivity index (χ0n) is 17.3. The lowest BCUT2D eigenvalue weighted by atomic mass is 9.88. The maximum Gasteiger partial charge on any atom is 0.214 e. The van der Waals surface area contributed by atoms with Gasteiger partial charge in [-0.1, -0.05) is 6.92 Å². The average molecular weight is 404 g/mol. The second-order valence-corrected chi connectivity index (χ2v) is 9.88. The zero-order valence-corrected chi connectivity index (χ0v) is 18.1. The molecule has 0 aliphatic carbocycles. The first-order chi connectivity index (χ1) is 12.8. The van der Waals surface area contributed by atoms with Crippen molar-refractivity contribution in [2.45, 2.75) is 50.6 Å². The van der Waals surface area contributed by atoms with Gasteiger partial charge in [-0.3, -0.25) is 4.99 Å². The van der Waals surface area contributed by atoms with E-state index in [1.54, 1.807) is 11.4 Å². The number of guanidine groups is 1. The fraction of sp³-hybridized carbons (Fsp3) is 0.944. The van der Waals surface area contributed by atoms with E-state index < -0.39 is 10.0 Å². The summed E-state index contributed by atoms with van der Waals surface area (Å²) >= 11 is 0. The van der Waals surface area contributed by atoms with Crippen LogP contribution in [0.25, 0.3) is 0 Å². The van der Waals surface area contributed by atoms with Gasteiger partial charge >= 0.3 is 0 Å². The molecule has 2 aliphatic rings. The highest BCUT2D eigenvalue weighted by Gasteiger charge is 2.35. The Bertz CT molecular complexity index is 580. The summed E-state index contributed by atoms with van der Waals surface area (Å²) in [6.45, 7) is 5.45. The van der Waals surface area contributed by atoms with Crippen LogP contribution in [-0.4, -0.2) is 94.9 Å². The summed E-state index contributed by atoms with van der Waals surface area (Å²) in [6.07, 6.45) is 4.26. The number of hydrogen-bond acceptors (Lipinski definition) is 5. The lowest BCUT2D eigenvalue weighted by Gasteiger charge is -2.43. The molecular weight excluding hydrogens is 366 g/mol. The normalized spacial score (nSPS) is 22.8. The summed E-state index contributed by atoms with van der Waals surface area (Å²) in [5.74, 6) is 1.03. The van der Waals surface area contributed by atoms with Crippen molar-refractivity contribution in [2.75, 3.05) is 59.7 Å². The van der Waals surface area contributed by atoms with Crippen LogP contribution >= 0.6 is 0 Å². The van der Waals surface area contributed by atoms with E-state index in [0.717, 1.165) is 51.4 Å². The highest BCUT2D eigenvalue weighted by atomic mass is 32.2. The second kappa shape index (κ2) is 10.0. The maximum atomic E-state index is 12.2.